The lowest BCUT2D eigenvalue weighted by atomic mass is 9.78. The highest BCUT2D eigenvalue weighted by molar-refractivity contribution is 5.81. The van der Waals surface area contributed by atoms with Crippen LogP contribution in [0.15, 0.2) is 0 Å². The number of nitrogens with zero attached hydrogens (tertiary/aromatic N) is 1. The van der Waals surface area contributed by atoms with Crippen molar-refractivity contribution in [1.29, 1.82) is 0 Å². The van der Waals surface area contributed by atoms with Crippen molar-refractivity contribution in [2.24, 2.45) is 11.8 Å². The molecule has 2 rings (SSSR count). The Balaban J connectivity index is 1.93. The van der Waals surface area contributed by atoms with Crippen molar-refractivity contribution in [2.45, 2.75) is 64.6 Å². The van der Waals surface area contributed by atoms with E-state index in [1.165, 1.54) is 12.8 Å². The van der Waals surface area contributed by atoms with Gasteiger partial charge in [0.25, 0.3) is 0 Å². The minimum absolute atomic E-state index is 0.0526. The molecule has 2 aliphatic rings. The van der Waals surface area contributed by atoms with E-state index in [4.69, 9.17) is 4.74 Å². The number of ketones is 1. The summed E-state index contributed by atoms with van der Waals surface area (Å²) in [4.78, 5) is 14.5. The molecule has 0 aromatic heterocycles. The van der Waals surface area contributed by atoms with Gasteiger partial charge in [-0.2, -0.15) is 0 Å². The molecule has 0 amide bonds. The molecule has 0 aromatic carbocycles. The Morgan fingerprint density at radius 2 is 2.19 bits per heavy atom. The van der Waals surface area contributed by atoms with E-state index in [9.17, 15) is 9.90 Å². The zero-order valence-corrected chi connectivity index (χ0v) is 13.8. The summed E-state index contributed by atoms with van der Waals surface area (Å²) in [5.41, 5.74) is -0.244. The first-order valence-corrected chi connectivity index (χ1v) is 8.47. The van der Waals surface area contributed by atoms with Crippen molar-refractivity contribution in [3.05, 3.63) is 0 Å². The smallest absolute Gasteiger partial charge is 0.137 e. The second kappa shape index (κ2) is 7.21. The molecule has 0 bridgehead atoms. The molecule has 21 heavy (non-hydrogen) atoms. The standard InChI is InChI=1S/C17H31NO3/c1-4-5-13-6-7-16(20)14(8-13)9-18-10-15(11-19)21-17(2,3)12-18/h13-15,19H,4-12H2,1-3H3. The van der Waals surface area contributed by atoms with E-state index in [0.29, 0.717) is 5.78 Å². The SMILES string of the molecule is CCCC1CCC(=O)C(CN2CC(CO)OC(C)(C)C2)C1. The van der Waals surface area contributed by atoms with E-state index in [1.807, 2.05) is 0 Å². The van der Waals surface area contributed by atoms with E-state index in [-0.39, 0.29) is 24.2 Å². The molecule has 3 unspecified atom stereocenters. The summed E-state index contributed by atoms with van der Waals surface area (Å²) in [6.45, 7) is 8.81. The van der Waals surface area contributed by atoms with Gasteiger partial charge in [0.1, 0.15) is 5.78 Å². The Labute approximate surface area is 128 Å². The summed E-state index contributed by atoms with van der Waals surface area (Å²) in [6.07, 6.45) is 5.22. The lowest BCUT2D eigenvalue weighted by Gasteiger charge is -2.44. The lowest BCUT2D eigenvalue weighted by Crippen LogP contribution is -2.55. The van der Waals surface area contributed by atoms with Crippen LogP contribution in [0, 0.1) is 11.8 Å². The van der Waals surface area contributed by atoms with Gasteiger partial charge in [0.2, 0.25) is 0 Å². The zero-order chi connectivity index (χ0) is 15.5. The van der Waals surface area contributed by atoms with Crippen molar-refractivity contribution in [3.8, 4) is 0 Å². The normalized spacial score (nSPS) is 34.1. The predicted molar refractivity (Wildman–Crippen MR) is 83.2 cm³/mol. The van der Waals surface area contributed by atoms with Crippen LogP contribution in [0.3, 0.4) is 0 Å². The number of carbonyl (C=O) groups excluding carboxylic acids is 1. The van der Waals surface area contributed by atoms with Gasteiger partial charge in [-0.25, -0.2) is 0 Å². The van der Waals surface area contributed by atoms with Crippen LogP contribution in [-0.4, -0.2) is 53.7 Å². The minimum atomic E-state index is -0.244. The van der Waals surface area contributed by atoms with Gasteiger partial charge in [-0.3, -0.25) is 9.69 Å². The molecule has 1 saturated carbocycles. The first-order chi connectivity index (χ1) is 9.93. The summed E-state index contributed by atoms with van der Waals surface area (Å²) in [6, 6.07) is 0. The molecule has 122 valence electrons. The quantitative estimate of drug-likeness (QED) is 0.845. The second-order valence-corrected chi connectivity index (χ2v) is 7.47. The largest absolute Gasteiger partial charge is 0.394 e. The lowest BCUT2D eigenvalue weighted by molar-refractivity contribution is -0.154. The fraction of sp³-hybridized carbons (Fsp3) is 0.941. The van der Waals surface area contributed by atoms with E-state index >= 15 is 0 Å². The summed E-state index contributed by atoms with van der Waals surface area (Å²) < 4.78 is 5.85. The molecule has 1 saturated heterocycles. The summed E-state index contributed by atoms with van der Waals surface area (Å²) in [5.74, 6) is 1.34. The molecular weight excluding hydrogens is 266 g/mol. The maximum absolute atomic E-state index is 12.2. The van der Waals surface area contributed by atoms with E-state index in [2.05, 4.69) is 25.7 Å². The third kappa shape index (κ3) is 4.76. The number of rotatable bonds is 5. The van der Waals surface area contributed by atoms with Gasteiger partial charge >= 0.3 is 0 Å². The second-order valence-electron chi connectivity index (χ2n) is 7.47. The molecule has 0 radical (unpaired) electrons. The highest BCUT2D eigenvalue weighted by Crippen LogP contribution is 2.31. The Morgan fingerprint density at radius 3 is 2.86 bits per heavy atom. The first kappa shape index (κ1) is 16.9. The minimum Gasteiger partial charge on any atom is -0.394 e. The van der Waals surface area contributed by atoms with E-state index < -0.39 is 0 Å². The van der Waals surface area contributed by atoms with Gasteiger partial charge in [0, 0.05) is 32.0 Å². The third-order valence-electron chi connectivity index (χ3n) is 4.80. The topological polar surface area (TPSA) is 49.8 Å². The fourth-order valence-corrected chi connectivity index (χ4v) is 4.01. The van der Waals surface area contributed by atoms with Gasteiger partial charge in [-0.05, 0) is 32.6 Å². The van der Waals surface area contributed by atoms with Gasteiger partial charge in [0.05, 0.1) is 18.3 Å². The van der Waals surface area contributed by atoms with Crippen LogP contribution in [-0.2, 0) is 9.53 Å². The average molecular weight is 297 g/mol. The molecule has 4 nitrogen and oxygen atoms in total. The Morgan fingerprint density at radius 1 is 1.43 bits per heavy atom. The first-order valence-electron chi connectivity index (χ1n) is 8.47. The van der Waals surface area contributed by atoms with Crippen LogP contribution < -0.4 is 0 Å². The number of carbonyl (C=O) groups is 1. The number of morpholine rings is 1. The fourth-order valence-electron chi connectivity index (χ4n) is 4.01. The van der Waals surface area contributed by atoms with Gasteiger partial charge in [-0.1, -0.05) is 19.8 Å². The van der Waals surface area contributed by atoms with Crippen LogP contribution in [0.25, 0.3) is 0 Å². The van der Waals surface area contributed by atoms with Gasteiger partial charge < -0.3 is 9.84 Å². The molecule has 1 aliphatic carbocycles. The number of aliphatic hydroxyl groups is 1. The van der Waals surface area contributed by atoms with Crippen molar-refractivity contribution >= 4 is 5.78 Å². The van der Waals surface area contributed by atoms with Crippen LogP contribution in [0.5, 0.6) is 0 Å². The Hall–Kier alpha value is -0.450. The predicted octanol–water partition coefficient (Wildman–Crippen LogP) is 2.24. The molecular formula is C17H31NO3. The molecule has 1 heterocycles. The Kier molecular flexibility index (Phi) is 5.81. The number of ether oxygens (including phenoxy) is 1. The van der Waals surface area contributed by atoms with Crippen molar-refractivity contribution in [1.82, 2.24) is 4.90 Å². The highest BCUT2D eigenvalue weighted by atomic mass is 16.5. The zero-order valence-electron chi connectivity index (χ0n) is 13.8. The number of Topliss-reactive ketones (excluding diaryl/α,β-unsaturated/α-hetero) is 1. The van der Waals surface area contributed by atoms with E-state index in [0.717, 1.165) is 44.8 Å². The monoisotopic (exact) mass is 297 g/mol. The van der Waals surface area contributed by atoms with Gasteiger partial charge in [-0.15, -0.1) is 0 Å². The molecule has 1 aliphatic heterocycles. The molecule has 2 fully saturated rings. The molecule has 3 atom stereocenters. The third-order valence-corrected chi connectivity index (χ3v) is 4.80. The number of aliphatic hydroxyl groups excluding tert-OH is 1. The number of hydrogen-bond donors (Lipinski definition) is 1. The maximum atomic E-state index is 12.2. The summed E-state index contributed by atoms with van der Waals surface area (Å²) in [5, 5.41) is 9.39. The van der Waals surface area contributed by atoms with Gasteiger partial charge in [0.15, 0.2) is 0 Å². The van der Waals surface area contributed by atoms with Crippen LogP contribution in [0.4, 0.5) is 0 Å². The van der Waals surface area contributed by atoms with Crippen LogP contribution >= 0.6 is 0 Å². The van der Waals surface area contributed by atoms with Crippen molar-refractivity contribution < 1.29 is 14.6 Å². The Bertz CT molecular complexity index is 356. The molecule has 0 spiro atoms. The number of hydrogen-bond acceptors (Lipinski definition) is 4. The maximum Gasteiger partial charge on any atom is 0.137 e. The van der Waals surface area contributed by atoms with Crippen molar-refractivity contribution in [2.75, 3.05) is 26.2 Å². The van der Waals surface area contributed by atoms with Crippen LogP contribution in [0.1, 0.15) is 52.9 Å². The average Bonchev–Trinajstić information content (AvgIpc) is 2.41. The van der Waals surface area contributed by atoms with Crippen LogP contribution in [0.2, 0.25) is 0 Å². The molecule has 0 aromatic rings. The molecule has 1 N–H and O–H groups in total. The van der Waals surface area contributed by atoms with Crippen molar-refractivity contribution in [3.63, 3.8) is 0 Å². The summed E-state index contributed by atoms with van der Waals surface area (Å²) >= 11 is 0. The summed E-state index contributed by atoms with van der Waals surface area (Å²) in [7, 11) is 0. The molecule has 4 heteroatoms. The van der Waals surface area contributed by atoms with E-state index in [1.54, 1.807) is 0 Å². The highest BCUT2D eigenvalue weighted by Gasteiger charge is 2.36.